The molecule has 23 heavy (non-hydrogen) atoms. The van der Waals surface area contributed by atoms with Crippen molar-refractivity contribution in [3.05, 3.63) is 64.2 Å². The van der Waals surface area contributed by atoms with E-state index in [4.69, 9.17) is 23.8 Å². The van der Waals surface area contributed by atoms with Gasteiger partial charge in [-0.05, 0) is 48.5 Å². The first kappa shape index (κ1) is 17.6. The Kier molecular flexibility index (Phi) is 5.49. The van der Waals surface area contributed by atoms with Gasteiger partial charge in [-0.25, -0.2) is 0 Å². The zero-order valence-electron chi connectivity index (χ0n) is 12.2. The molecule has 0 spiro atoms. The SMILES string of the molecule is Cc1ccccc1CNC(=S)Nc1ccc(Cl)c(C(F)(F)F)c1. The molecule has 7 heteroatoms. The van der Waals surface area contributed by atoms with E-state index >= 15 is 0 Å². The number of hydrogen-bond acceptors (Lipinski definition) is 1. The first-order chi connectivity index (χ1) is 10.8. The molecule has 0 unspecified atom stereocenters. The molecule has 2 N–H and O–H groups in total. The number of aryl methyl sites for hydroxylation is 1. The van der Waals surface area contributed by atoms with E-state index in [1.165, 1.54) is 12.1 Å². The highest BCUT2D eigenvalue weighted by Gasteiger charge is 2.33. The van der Waals surface area contributed by atoms with E-state index in [0.717, 1.165) is 17.2 Å². The third kappa shape index (κ3) is 4.84. The third-order valence-corrected chi connectivity index (χ3v) is 3.81. The van der Waals surface area contributed by atoms with Crippen LogP contribution in [0.4, 0.5) is 18.9 Å². The maximum absolute atomic E-state index is 12.8. The van der Waals surface area contributed by atoms with Gasteiger partial charge in [-0.2, -0.15) is 13.2 Å². The lowest BCUT2D eigenvalue weighted by Crippen LogP contribution is -2.28. The number of nitrogens with one attached hydrogen (secondary N) is 2. The fourth-order valence-corrected chi connectivity index (χ4v) is 2.39. The molecule has 0 bridgehead atoms. The number of thiocarbonyl (C=S) groups is 1. The summed E-state index contributed by atoms with van der Waals surface area (Å²) < 4.78 is 38.5. The highest BCUT2D eigenvalue weighted by atomic mass is 35.5. The van der Waals surface area contributed by atoms with Gasteiger partial charge in [0.1, 0.15) is 0 Å². The van der Waals surface area contributed by atoms with Crippen molar-refractivity contribution in [3.63, 3.8) is 0 Å². The summed E-state index contributed by atoms with van der Waals surface area (Å²) in [6, 6.07) is 11.3. The summed E-state index contributed by atoms with van der Waals surface area (Å²) in [6.07, 6.45) is -4.51. The van der Waals surface area contributed by atoms with Crippen LogP contribution in [0, 0.1) is 6.92 Å². The number of benzene rings is 2. The van der Waals surface area contributed by atoms with E-state index in [-0.39, 0.29) is 15.8 Å². The van der Waals surface area contributed by atoms with Gasteiger partial charge < -0.3 is 10.6 Å². The fraction of sp³-hybridized carbons (Fsp3) is 0.188. The molecule has 0 radical (unpaired) electrons. The zero-order chi connectivity index (χ0) is 17.0. The lowest BCUT2D eigenvalue weighted by Gasteiger charge is -2.14. The Morgan fingerprint density at radius 3 is 2.52 bits per heavy atom. The first-order valence-electron chi connectivity index (χ1n) is 6.73. The van der Waals surface area contributed by atoms with Gasteiger partial charge in [0.05, 0.1) is 10.6 Å². The molecule has 0 amide bonds. The minimum atomic E-state index is -4.51. The predicted octanol–water partition coefficient (Wildman–Crippen LogP) is 5.15. The average Bonchev–Trinajstić information content (AvgIpc) is 2.47. The largest absolute Gasteiger partial charge is 0.417 e. The van der Waals surface area contributed by atoms with Crippen LogP contribution in [-0.4, -0.2) is 5.11 Å². The fourth-order valence-electron chi connectivity index (χ4n) is 1.98. The number of anilines is 1. The maximum Gasteiger partial charge on any atom is 0.417 e. The van der Waals surface area contributed by atoms with Gasteiger partial charge in [0.2, 0.25) is 0 Å². The highest BCUT2D eigenvalue weighted by molar-refractivity contribution is 7.80. The molecule has 0 fully saturated rings. The molecule has 0 heterocycles. The van der Waals surface area contributed by atoms with Crippen molar-refractivity contribution in [2.24, 2.45) is 0 Å². The van der Waals surface area contributed by atoms with Gasteiger partial charge in [0.25, 0.3) is 0 Å². The molecular weight excluding hydrogens is 345 g/mol. The molecule has 0 saturated carbocycles. The summed E-state index contributed by atoms with van der Waals surface area (Å²) in [5.41, 5.74) is 1.49. The van der Waals surface area contributed by atoms with E-state index < -0.39 is 11.7 Å². The van der Waals surface area contributed by atoms with Crippen LogP contribution in [0.15, 0.2) is 42.5 Å². The van der Waals surface area contributed by atoms with E-state index in [1.54, 1.807) is 0 Å². The summed E-state index contributed by atoms with van der Waals surface area (Å²) in [6.45, 7) is 2.46. The van der Waals surface area contributed by atoms with Crippen molar-refractivity contribution >= 4 is 34.6 Å². The van der Waals surface area contributed by atoms with Crippen LogP contribution in [0.5, 0.6) is 0 Å². The Bertz CT molecular complexity index is 717. The number of rotatable bonds is 3. The molecule has 0 aliphatic carbocycles. The van der Waals surface area contributed by atoms with Crippen LogP contribution in [-0.2, 0) is 12.7 Å². The summed E-state index contributed by atoms with van der Waals surface area (Å²) in [7, 11) is 0. The van der Waals surface area contributed by atoms with Crippen molar-refractivity contribution in [2.75, 3.05) is 5.32 Å². The standard InChI is InChI=1S/C16H14ClF3N2S/c1-10-4-2-3-5-11(10)9-21-15(23)22-12-6-7-14(17)13(8-12)16(18,19)20/h2-8H,9H2,1H3,(H2,21,22,23). The van der Waals surface area contributed by atoms with Crippen LogP contribution in [0.25, 0.3) is 0 Å². The molecule has 122 valence electrons. The van der Waals surface area contributed by atoms with E-state index in [9.17, 15) is 13.2 Å². The van der Waals surface area contributed by atoms with Crippen molar-refractivity contribution in [2.45, 2.75) is 19.6 Å². The minimum Gasteiger partial charge on any atom is -0.358 e. The van der Waals surface area contributed by atoms with E-state index in [0.29, 0.717) is 6.54 Å². The Hall–Kier alpha value is -1.79. The van der Waals surface area contributed by atoms with Crippen LogP contribution < -0.4 is 10.6 Å². The minimum absolute atomic E-state index is 0.226. The Morgan fingerprint density at radius 2 is 1.87 bits per heavy atom. The quantitative estimate of drug-likeness (QED) is 0.742. The lowest BCUT2D eigenvalue weighted by molar-refractivity contribution is -0.137. The topological polar surface area (TPSA) is 24.1 Å². The van der Waals surface area contributed by atoms with Crippen LogP contribution in [0.1, 0.15) is 16.7 Å². The molecule has 2 aromatic carbocycles. The maximum atomic E-state index is 12.8. The normalized spacial score (nSPS) is 11.2. The third-order valence-electron chi connectivity index (χ3n) is 3.23. The highest BCUT2D eigenvalue weighted by Crippen LogP contribution is 2.36. The number of halogens is 4. The zero-order valence-corrected chi connectivity index (χ0v) is 13.7. The van der Waals surface area contributed by atoms with E-state index in [2.05, 4.69) is 10.6 Å². The Morgan fingerprint density at radius 1 is 1.17 bits per heavy atom. The second-order valence-corrected chi connectivity index (χ2v) is 5.74. The van der Waals surface area contributed by atoms with Crippen molar-refractivity contribution in [1.82, 2.24) is 5.32 Å². The summed E-state index contributed by atoms with van der Waals surface area (Å²) in [4.78, 5) is 0. The summed E-state index contributed by atoms with van der Waals surface area (Å²) in [5, 5.41) is 5.59. The van der Waals surface area contributed by atoms with Gasteiger partial charge >= 0.3 is 6.18 Å². The molecule has 0 saturated heterocycles. The molecule has 0 aliphatic rings. The van der Waals surface area contributed by atoms with Gasteiger partial charge in [-0.15, -0.1) is 0 Å². The van der Waals surface area contributed by atoms with Crippen LogP contribution in [0.2, 0.25) is 5.02 Å². The monoisotopic (exact) mass is 358 g/mol. The second-order valence-electron chi connectivity index (χ2n) is 4.93. The van der Waals surface area contributed by atoms with Gasteiger partial charge in [-0.3, -0.25) is 0 Å². The molecule has 0 aliphatic heterocycles. The molecule has 0 aromatic heterocycles. The molecule has 2 nitrogen and oxygen atoms in total. The van der Waals surface area contributed by atoms with Crippen molar-refractivity contribution in [3.8, 4) is 0 Å². The van der Waals surface area contributed by atoms with Gasteiger partial charge in [0.15, 0.2) is 5.11 Å². The molecule has 2 aromatic rings. The first-order valence-corrected chi connectivity index (χ1v) is 7.52. The Balaban J connectivity index is 2.02. The summed E-state index contributed by atoms with van der Waals surface area (Å²) >= 11 is 10.7. The second kappa shape index (κ2) is 7.19. The molecule has 2 rings (SSSR count). The smallest absolute Gasteiger partial charge is 0.358 e. The van der Waals surface area contributed by atoms with Gasteiger partial charge in [-0.1, -0.05) is 35.9 Å². The van der Waals surface area contributed by atoms with Crippen LogP contribution >= 0.6 is 23.8 Å². The number of alkyl halides is 3. The van der Waals surface area contributed by atoms with Crippen LogP contribution in [0.3, 0.4) is 0 Å². The Labute approximate surface area is 142 Å². The molecular formula is C16H14ClF3N2S. The molecule has 0 atom stereocenters. The van der Waals surface area contributed by atoms with Crippen molar-refractivity contribution in [1.29, 1.82) is 0 Å². The summed E-state index contributed by atoms with van der Waals surface area (Å²) in [5.74, 6) is 0. The predicted molar refractivity (Wildman–Crippen MR) is 90.7 cm³/mol. The average molecular weight is 359 g/mol. The van der Waals surface area contributed by atoms with Gasteiger partial charge in [0, 0.05) is 12.2 Å². The number of hydrogen-bond donors (Lipinski definition) is 2. The lowest BCUT2D eigenvalue weighted by atomic mass is 10.1. The van der Waals surface area contributed by atoms with Crippen molar-refractivity contribution < 1.29 is 13.2 Å². The van der Waals surface area contributed by atoms with E-state index in [1.807, 2.05) is 31.2 Å².